The van der Waals surface area contributed by atoms with Gasteiger partial charge in [0.2, 0.25) is 0 Å². The highest BCUT2D eigenvalue weighted by molar-refractivity contribution is 5.92. The van der Waals surface area contributed by atoms with E-state index in [2.05, 4.69) is 0 Å². The first-order chi connectivity index (χ1) is 13.9. The molecule has 3 aromatic rings. The molecule has 29 heavy (non-hydrogen) atoms. The highest BCUT2D eigenvalue weighted by Gasteiger charge is 2.43. The molecule has 0 bridgehead atoms. The molecule has 3 heterocycles. The van der Waals surface area contributed by atoms with Crippen molar-refractivity contribution in [1.82, 2.24) is 9.55 Å². The Labute approximate surface area is 167 Å². The van der Waals surface area contributed by atoms with Gasteiger partial charge in [0.05, 0.1) is 23.4 Å². The van der Waals surface area contributed by atoms with Crippen molar-refractivity contribution in [1.29, 1.82) is 0 Å². The molecule has 0 spiro atoms. The molecule has 148 valence electrons. The number of aromatic hydroxyl groups is 1. The molecule has 1 atom stereocenters. The molecule has 1 aromatic carbocycles. The van der Waals surface area contributed by atoms with E-state index in [1.807, 2.05) is 6.92 Å². The first kappa shape index (κ1) is 18.1. The Kier molecular flexibility index (Phi) is 3.74. The summed E-state index contributed by atoms with van der Waals surface area (Å²) in [6.45, 7) is 4.22. The van der Waals surface area contributed by atoms with Gasteiger partial charge in [0, 0.05) is 28.5 Å². The fraction of sp³-hybridized carbons (Fsp3) is 0.348. The van der Waals surface area contributed by atoms with Gasteiger partial charge in [0.1, 0.15) is 11.4 Å². The lowest BCUT2D eigenvalue weighted by atomic mass is 9.77. The molecule has 1 aliphatic heterocycles. The molecule has 0 unspecified atom stereocenters. The number of aryl methyl sites for hydroxylation is 1. The van der Waals surface area contributed by atoms with Crippen LogP contribution in [0.15, 0.2) is 29.1 Å². The van der Waals surface area contributed by atoms with Gasteiger partial charge < -0.3 is 14.8 Å². The third kappa shape index (κ3) is 2.29. The first-order valence-electron chi connectivity index (χ1n) is 10.1. The van der Waals surface area contributed by atoms with Gasteiger partial charge in [0.15, 0.2) is 5.78 Å². The van der Waals surface area contributed by atoms with Crippen molar-refractivity contribution >= 4 is 16.7 Å². The lowest BCUT2D eigenvalue weighted by Gasteiger charge is -2.32. The topological polar surface area (TPSA) is 92.4 Å². The van der Waals surface area contributed by atoms with E-state index >= 15 is 0 Å². The van der Waals surface area contributed by atoms with E-state index in [4.69, 9.17) is 4.98 Å². The van der Waals surface area contributed by atoms with Gasteiger partial charge in [0.25, 0.3) is 5.56 Å². The summed E-state index contributed by atoms with van der Waals surface area (Å²) in [6, 6.07) is 6.88. The van der Waals surface area contributed by atoms with Crippen LogP contribution < -0.4 is 5.56 Å². The minimum atomic E-state index is -1.61. The Morgan fingerprint density at radius 2 is 1.93 bits per heavy atom. The molecule has 2 N–H and O–H groups in total. The van der Waals surface area contributed by atoms with Crippen LogP contribution in [0.5, 0.6) is 5.75 Å². The van der Waals surface area contributed by atoms with Crippen LogP contribution in [0.25, 0.3) is 22.3 Å². The van der Waals surface area contributed by atoms with Gasteiger partial charge in [-0.05, 0) is 49.1 Å². The minimum absolute atomic E-state index is 0.149. The number of pyridine rings is 2. The van der Waals surface area contributed by atoms with Crippen LogP contribution in [0, 0.1) is 0 Å². The summed E-state index contributed by atoms with van der Waals surface area (Å²) in [5, 5.41) is 21.9. The molecule has 5 rings (SSSR count). The Morgan fingerprint density at radius 3 is 2.66 bits per heavy atom. The Bertz CT molecular complexity index is 1270. The number of fused-ring (bicyclic) bond motifs is 5. The van der Waals surface area contributed by atoms with Crippen molar-refractivity contribution in [2.75, 3.05) is 0 Å². The number of hydrogen-bond donors (Lipinski definition) is 2. The molecule has 0 saturated carbocycles. The number of aromatic nitrogens is 2. The van der Waals surface area contributed by atoms with Gasteiger partial charge in [-0.25, -0.2) is 4.98 Å². The smallest absolute Gasteiger partial charge is 0.254 e. The number of carbonyl (C=O) groups excluding carboxylic acids is 1. The summed E-state index contributed by atoms with van der Waals surface area (Å²) in [5.41, 5.74) is 3.35. The Morgan fingerprint density at radius 1 is 1.14 bits per heavy atom. The van der Waals surface area contributed by atoms with Crippen LogP contribution in [0.2, 0.25) is 0 Å². The zero-order chi connectivity index (χ0) is 20.5. The van der Waals surface area contributed by atoms with Crippen LogP contribution in [0.3, 0.4) is 0 Å². The molecule has 0 amide bonds. The molecule has 6 nitrogen and oxygen atoms in total. The predicted molar refractivity (Wildman–Crippen MR) is 109 cm³/mol. The van der Waals surface area contributed by atoms with Crippen LogP contribution in [0.4, 0.5) is 0 Å². The first-order valence-corrected chi connectivity index (χ1v) is 10.1. The maximum Gasteiger partial charge on any atom is 0.254 e. The molecule has 2 aromatic heterocycles. The summed E-state index contributed by atoms with van der Waals surface area (Å²) in [5.74, 6) is -0.0464. The number of rotatable bonds is 2. The SMILES string of the molecule is CCc1c2c(nc3ccc(O)cc13)-c1cc3c(c(=O)n1C2)CCC(=O)[C@]3(O)CC. The van der Waals surface area contributed by atoms with Gasteiger partial charge in [-0.1, -0.05) is 13.8 Å². The number of phenols is 1. The second-order valence-corrected chi connectivity index (χ2v) is 7.92. The zero-order valence-corrected chi connectivity index (χ0v) is 16.5. The normalized spacial score (nSPS) is 19.9. The third-order valence-electron chi connectivity index (χ3n) is 6.52. The fourth-order valence-corrected chi connectivity index (χ4v) is 4.94. The highest BCUT2D eigenvalue weighted by Crippen LogP contribution is 2.41. The van der Waals surface area contributed by atoms with Crippen molar-refractivity contribution in [3.05, 3.63) is 56.9 Å². The van der Waals surface area contributed by atoms with E-state index in [9.17, 15) is 19.8 Å². The van der Waals surface area contributed by atoms with E-state index in [0.717, 1.165) is 34.1 Å². The zero-order valence-electron chi connectivity index (χ0n) is 16.5. The second kappa shape index (κ2) is 6.00. The predicted octanol–water partition coefficient (Wildman–Crippen LogP) is 2.81. The molecule has 2 aliphatic rings. The second-order valence-electron chi connectivity index (χ2n) is 7.92. The summed E-state index contributed by atoms with van der Waals surface area (Å²) in [4.78, 5) is 30.6. The number of aliphatic hydroxyl groups is 1. The molecular weight excluding hydrogens is 368 g/mol. The summed E-state index contributed by atoms with van der Waals surface area (Å²) < 4.78 is 1.71. The number of nitrogens with zero attached hydrogens (tertiary/aromatic N) is 2. The lowest BCUT2D eigenvalue weighted by molar-refractivity contribution is -0.140. The van der Waals surface area contributed by atoms with Gasteiger partial charge in [-0.15, -0.1) is 0 Å². The maximum atomic E-state index is 13.3. The average molecular weight is 390 g/mol. The number of phenolic OH excluding ortho intramolecular Hbond substituents is 1. The Hall–Kier alpha value is -2.99. The summed E-state index contributed by atoms with van der Waals surface area (Å²) in [6.07, 6.45) is 1.51. The fourth-order valence-electron chi connectivity index (χ4n) is 4.94. The summed E-state index contributed by atoms with van der Waals surface area (Å²) in [7, 11) is 0. The summed E-state index contributed by atoms with van der Waals surface area (Å²) >= 11 is 0. The van der Waals surface area contributed by atoms with Crippen LogP contribution in [-0.4, -0.2) is 25.5 Å². The van der Waals surface area contributed by atoms with Crippen molar-refractivity contribution < 1.29 is 15.0 Å². The quantitative estimate of drug-likeness (QED) is 0.549. The highest BCUT2D eigenvalue weighted by atomic mass is 16.3. The number of ketones is 1. The molecule has 0 saturated heterocycles. The van der Waals surface area contributed by atoms with Crippen LogP contribution in [-0.2, 0) is 29.8 Å². The van der Waals surface area contributed by atoms with Crippen molar-refractivity contribution in [2.24, 2.45) is 0 Å². The third-order valence-corrected chi connectivity index (χ3v) is 6.52. The molecule has 1 aliphatic carbocycles. The van der Waals surface area contributed by atoms with Crippen LogP contribution >= 0.6 is 0 Å². The lowest BCUT2D eigenvalue weighted by Crippen LogP contribution is -2.43. The van der Waals surface area contributed by atoms with Crippen molar-refractivity contribution in [3.63, 3.8) is 0 Å². The number of hydrogen-bond acceptors (Lipinski definition) is 5. The molecule has 0 radical (unpaired) electrons. The number of Topliss-reactive ketones (excluding diaryl/α,β-unsaturated/α-hetero) is 1. The van der Waals surface area contributed by atoms with Crippen molar-refractivity contribution in [2.45, 2.75) is 51.7 Å². The standard InChI is InChI=1S/C23H22N2O4/c1-3-13-15-9-12(26)5-7-18(15)24-21-16(13)11-25-19(21)10-17-14(22(25)28)6-8-20(27)23(17,29)4-2/h5,7,9-10,26,29H,3-4,6,8,11H2,1-2H3/t23-/m0/s1. The number of carbonyl (C=O) groups is 1. The van der Waals surface area contributed by atoms with E-state index < -0.39 is 5.60 Å². The average Bonchev–Trinajstić information content (AvgIpc) is 3.08. The van der Waals surface area contributed by atoms with Gasteiger partial charge in [-0.2, -0.15) is 0 Å². The maximum absolute atomic E-state index is 13.3. The molecular formula is C23H22N2O4. The number of benzene rings is 1. The largest absolute Gasteiger partial charge is 0.508 e. The van der Waals surface area contributed by atoms with E-state index in [1.54, 1.807) is 35.8 Å². The Balaban J connectivity index is 1.84. The minimum Gasteiger partial charge on any atom is -0.508 e. The van der Waals surface area contributed by atoms with E-state index in [-0.39, 0.29) is 29.9 Å². The van der Waals surface area contributed by atoms with E-state index in [1.165, 1.54) is 0 Å². The van der Waals surface area contributed by atoms with Crippen molar-refractivity contribution in [3.8, 4) is 17.1 Å². The van der Waals surface area contributed by atoms with E-state index in [0.29, 0.717) is 29.8 Å². The molecule has 6 heteroatoms. The van der Waals surface area contributed by atoms with Gasteiger partial charge in [-0.3, -0.25) is 9.59 Å². The molecule has 0 fully saturated rings. The van der Waals surface area contributed by atoms with Crippen LogP contribution in [0.1, 0.15) is 48.9 Å². The van der Waals surface area contributed by atoms with Gasteiger partial charge >= 0.3 is 0 Å². The monoisotopic (exact) mass is 390 g/mol.